The molecule has 6 nitrogen and oxygen atoms in total. The van der Waals surface area contributed by atoms with E-state index >= 15 is 0 Å². The van der Waals surface area contributed by atoms with E-state index in [4.69, 9.17) is 9.47 Å². The van der Waals surface area contributed by atoms with E-state index in [1.807, 2.05) is 12.1 Å². The van der Waals surface area contributed by atoms with Gasteiger partial charge in [-0.25, -0.2) is 4.39 Å². The lowest BCUT2D eigenvalue weighted by Crippen LogP contribution is -2.54. The number of nitrogens with zero attached hydrogens (tertiary/aromatic N) is 2. The first-order chi connectivity index (χ1) is 14.1. The molecule has 1 amide bonds. The molecule has 2 aliphatic heterocycles. The fraction of sp³-hybridized carbons (Fsp3) is 0.455. The zero-order valence-corrected chi connectivity index (χ0v) is 16.2. The Balaban J connectivity index is 1.25. The average Bonchev–Trinajstić information content (AvgIpc) is 2.69. The Labute approximate surface area is 169 Å². The lowest BCUT2D eigenvalue weighted by atomic mass is 9.89. The molecule has 1 aromatic heterocycles. The van der Waals surface area contributed by atoms with Gasteiger partial charge >= 0.3 is 0 Å². The van der Waals surface area contributed by atoms with E-state index in [0.717, 1.165) is 49.5 Å². The molecule has 1 aromatic carbocycles. The van der Waals surface area contributed by atoms with Gasteiger partial charge in [-0.1, -0.05) is 6.42 Å². The van der Waals surface area contributed by atoms with Crippen LogP contribution in [0.1, 0.15) is 48.0 Å². The van der Waals surface area contributed by atoms with Gasteiger partial charge < -0.3 is 14.8 Å². The van der Waals surface area contributed by atoms with Crippen LogP contribution in [0.3, 0.4) is 0 Å². The molecule has 1 aliphatic carbocycles. The number of anilines is 1. The van der Waals surface area contributed by atoms with Crippen molar-refractivity contribution in [2.75, 3.05) is 18.4 Å². The van der Waals surface area contributed by atoms with Gasteiger partial charge in [0.2, 0.25) is 5.79 Å². The van der Waals surface area contributed by atoms with Gasteiger partial charge in [-0.3, -0.25) is 14.7 Å². The van der Waals surface area contributed by atoms with Gasteiger partial charge in [0.1, 0.15) is 5.75 Å². The standard InChI is InChI=1S/C22H24FN3O3/c23-19-13-24-9-6-18(19)21(27)25-16-4-5-20-15(12-16)14-28-22(29-20)7-10-26(11-8-22)17-2-1-3-17/h4-6,9,12-13,17H,1-3,7-8,10-11,14H2,(H,25,27). The monoisotopic (exact) mass is 397 g/mol. The largest absolute Gasteiger partial charge is 0.462 e. The molecule has 0 unspecified atom stereocenters. The van der Waals surface area contributed by atoms with Crippen molar-refractivity contribution in [1.29, 1.82) is 0 Å². The number of amides is 1. The molecule has 152 valence electrons. The van der Waals surface area contributed by atoms with E-state index in [1.165, 1.54) is 31.5 Å². The van der Waals surface area contributed by atoms with Crippen molar-refractivity contribution in [1.82, 2.24) is 9.88 Å². The molecule has 29 heavy (non-hydrogen) atoms. The SMILES string of the molecule is O=C(Nc1ccc2c(c1)COC1(CCN(C3CCC3)CC1)O2)c1ccncc1F. The van der Waals surface area contributed by atoms with Gasteiger partial charge in [0.15, 0.2) is 5.82 Å². The highest BCUT2D eigenvalue weighted by atomic mass is 19.1. The molecule has 0 bridgehead atoms. The first-order valence-electron chi connectivity index (χ1n) is 10.2. The number of carbonyl (C=O) groups excluding carboxylic acids is 1. The summed E-state index contributed by atoms with van der Waals surface area (Å²) in [5, 5.41) is 2.73. The van der Waals surface area contributed by atoms with E-state index in [-0.39, 0.29) is 5.56 Å². The van der Waals surface area contributed by atoms with Crippen LogP contribution in [0.25, 0.3) is 0 Å². The minimum Gasteiger partial charge on any atom is -0.462 e. The second-order valence-electron chi connectivity index (χ2n) is 8.05. The molecular formula is C22H24FN3O3. The number of pyridine rings is 1. The number of fused-ring (bicyclic) bond motifs is 1. The minimum absolute atomic E-state index is 0.0394. The summed E-state index contributed by atoms with van der Waals surface area (Å²) >= 11 is 0. The Morgan fingerprint density at radius 2 is 2.07 bits per heavy atom. The lowest BCUT2D eigenvalue weighted by Gasteiger charge is -2.47. The predicted octanol–water partition coefficient (Wildman–Crippen LogP) is 3.73. The van der Waals surface area contributed by atoms with E-state index in [1.54, 1.807) is 6.07 Å². The van der Waals surface area contributed by atoms with E-state index in [9.17, 15) is 9.18 Å². The summed E-state index contributed by atoms with van der Waals surface area (Å²) in [6, 6.07) is 7.56. The van der Waals surface area contributed by atoms with Crippen molar-refractivity contribution in [3.05, 3.63) is 53.6 Å². The first-order valence-corrected chi connectivity index (χ1v) is 10.2. The second-order valence-corrected chi connectivity index (χ2v) is 8.05. The van der Waals surface area contributed by atoms with Crippen molar-refractivity contribution < 1.29 is 18.7 Å². The summed E-state index contributed by atoms with van der Waals surface area (Å²) in [5.74, 6) is -0.911. The average molecular weight is 397 g/mol. The zero-order valence-electron chi connectivity index (χ0n) is 16.2. The Morgan fingerprint density at radius 1 is 1.24 bits per heavy atom. The second kappa shape index (κ2) is 7.39. The van der Waals surface area contributed by atoms with Crippen LogP contribution in [0.15, 0.2) is 36.7 Å². The van der Waals surface area contributed by atoms with Crippen molar-refractivity contribution in [3.63, 3.8) is 0 Å². The molecule has 0 radical (unpaired) electrons. The van der Waals surface area contributed by atoms with Crippen LogP contribution in [-0.4, -0.2) is 40.7 Å². The molecule has 1 N–H and O–H groups in total. The number of rotatable bonds is 3. The molecule has 0 atom stereocenters. The summed E-state index contributed by atoms with van der Waals surface area (Å²) in [4.78, 5) is 18.5. The number of hydrogen-bond acceptors (Lipinski definition) is 5. The Bertz CT molecular complexity index is 923. The minimum atomic E-state index is -0.648. The summed E-state index contributed by atoms with van der Waals surface area (Å²) in [6.45, 7) is 2.45. The third kappa shape index (κ3) is 3.60. The third-order valence-corrected chi connectivity index (χ3v) is 6.27. The van der Waals surface area contributed by atoms with Gasteiger partial charge in [-0.05, 0) is 37.1 Å². The highest BCUT2D eigenvalue weighted by Gasteiger charge is 2.42. The van der Waals surface area contributed by atoms with Gasteiger partial charge in [-0.2, -0.15) is 0 Å². The number of benzene rings is 1. The molecule has 2 aromatic rings. The molecule has 1 saturated carbocycles. The zero-order chi connectivity index (χ0) is 19.8. The number of halogens is 1. The number of carbonyl (C=O) groups is 1. The van der Waals surface area contributed by atoms with Crippen LogP contribution in [0, 0.1) is 5.82 Å². The summed E-state index contributed by atoms with van der Waals surface area (Å²) in [6.07, 6.45) is 8.12. The normalized spacial score (nSPS) is 21.1. The number of nitrogens with one attached hydrogen (secondary N) is 1. The van der Waals surface area contributed by atoms with Crippen LogP contribution in [0.4, 0.5) is 10.1 Å². The van der Waals surface area contributed by atoms with Gasteiger partial charge in [0, 0.05) is 49.4 Å². The van der Waals surface area contributed by atoms with Crippen molar-refractivity contribution in [3.8, 4) is 5.75 Å². The van der Waals surface area contributed by atoms with E-state index < -0.39 is 17.5 Å². The number of likely N-dealkylation sites (tertiary alicyclic amines) is 1. The summed E-state index contributed by atoms with van der Waals surface area (Å²) in [7, 11) is 0. The number of hydrogen-bond donors (Lipinski definition) is 1. The molecule has 3 aliphatic rings. The summed E-state index contributed by atoms with van der Waals surface area (Å²) in [5.41, 5.74) is 1.42. The van der Waals surface area contributed by atoms with Crippen LogP contribution in [0.2, 0.25) is 0 Å². The van der Waals surface area contributed by atoms with Crippen molar-refractivity contribution in [2.45, 2.75) is 50.5 Å². The lowest BCUT2D eigenvalue weighted by molar-refractivity contribution is -0.231. The summed E-state index contributed by atoms with van der Waals surface area (Å²) < 4.78 is 26.2. The first kappa shape index (κ1) is 18.5. The smallest absolute Gasteiger partial charge is 0.258 e. The predicted molar refractivity (Wildman–Crippen MR) is 105 cm³/mol. The van der Waals surface area contributed by atoms with E-state index in [2.05, 4.69) is 15.2 Å². The van der Waals surface area contributed by atoms with Crippen LogP contribution < -0.4 is 10.1 Å². The Hall–Kier alpha value is -2.51. The molecule has 3 heterocycles. The molecule has 7 heteroatoms. The van der Waals surface area contributed by atoms with E-state index in [0.29, 0.717) is 12.3 Å². The maximum atomic E-state index is 13.8. The molecule has 2 fully saturated rings. The van der Waals surface area contributed by atoms with Gasteiger partial charge in [-0.15, -0.1) is 0 Å². The molecule has 1 saturated heterocycles. The van der Waals surface area contributed by atoms with Gasteiger partial charge in [0.05, 0.1) is 18.4 Å². The van der Waals surface area contributed by atoms with Crippen molar-refractivity contribution in [2.24, 2.45) is 0 Å². The molecular weight excluding hydrogens is 373 g/mol. The third-order valence-electron chi connectivity index (χ3n) is 6.27. The number of piperidine rings is 1. The van der Waals surface area contributed by atoms with Gasteiger partial charge in [0.25, 0.3) is 5.91 Å². The Morgan fingerprint density at radius 3 is 2.79 bits per heavy atom. The van der Waals surface area contributed by atoms with Crippen LogP contribution >= 0.6 is 0 Å². The highest BCUT2D eigenvalue weighted by molar-refractivity contribution is 6.04. The topological polar surface area (TPSA) is 63.7 Å². The molecule has 1 spiro atoms. The van der Waals surface area contributed by atoms with Crippen LogP contribution in [0.5, 0.6) is 5.75 Å². The maximum absolute atomic E-state index is 13.8. The number of ether oxygens (including phenoxy) is 2. The fourth-order valence-corrected chi connectivity index (χ4v) is 4.29. The quantitative estimate of drug-likeness (QED) is 0.855. The fourth-order valence-electron chi connectivity index (χ4n) is 4.29. The Kier molecular flexibility index (Phi) is 4.72. The number of aromatic nitrogens is 1. The highest BCUT2D eigenvalue weighted by Crippen LogP contribution is 2.40. The van der Waals surface area contributed by atoms with Crippen LogP contribution in [-0.2, 0) is 11.3 Å². The van der Waals surface area contributed by atoms with Crippen molar-refractivity contribution >= 4 is 11.6 Å². The molecule has 5 rings (SSSR count). The maximum Gasteiger partial charge on any atom is 0.258 e.